The standard InChI is InChI=1S/C31H32IN3O3/c1-5-36-31-27(22(4)38-32)18-33-35(31)29-15-9-14-28(34-29)26-13-8-10-20(2)30(26)37-19-24-17-16-23-11-6-7-12-25(23)21(24)3/h8-10,13-18H,4-7,11-12,19H2,1-3H3. The van der Waals surface area contributed by atoms with Crippen LogP contribution in [0.15, 0.2) is 61.3 Å². The number of halogens is 1. The number of para-hydroxylation sites is 1. The molecule has 0 N–H and O–H groups in total. The van der Waals surface area contributed by atoms with Gasteiger partial charge in [-0.3, -0.25) is 0 Å². The monoisotopic (exact) mass is 621 g/mol. The van der Waals surface area contributed by atoms with Crippen LogP contribution in [-0.2, 0) is 22.5 Å². The van der Waals surface area contributed by atoms with Crippen molar-refractivity contribution >= 4 is 28.8 Å². The van der Waals surface area contributed by atoms with Crippen molar-refractivity contribution in [2.24, 2.45) is 0 Å². The third kappa shape index (κ3) is 5.16. The van der Waals surface area contributed by atoms with Crippen LogP contribution in [0.3, 0.4) is 0 Å². The number of aryl methyl sites for hydroxylation is 2. The molecule has 0 unspecified atom stereocenters. The SMILES string of the molecule is C=C(OI)c1cnn(-c2cccc(-c3cccc(C)c3OCc3ccc4c(c3C)CCCC4)n2)c1OCC. The largest absolute Gasteiger partial charge is 0.488 e. The lowest BCUT2D eigenvalue weighted by atomic mass is 9.86. The Morgan fingerprint density at radius 3 is 2.66 bits per heavy atom. The maximum Gasteiger partial charge on any atom is 0.229 e. The molecule has 0 radical (unpaired) electrons. The van der Waals surface area contributed by atoms with E-state index >= 15 is 0 Å². The first-order valence-corrected chi connectivity index (χ1v) is 13.9. The van der Waals surface area contributed by atoms with Gasteiger partial charge in [-0.1, -0.05) is 36.9 Å². The second-order valence-corrected chi connectivity index (χ2v) is 9.96. The van der Waals surface area contributed by atoms with Crippen LogP contribution in [0.4, 0.5) is 0 Å². The van der Waals surface area contributed by atoms with Crippen LogP contribution in [-0.4, -0.2) is 21.4 Å². The first-order chi connectivity index (χ1) is 18.5. The first kappa shape index (κ1) is 26.3. The van der Waals surface area contributed by atoms with E-state index in [-0.39, 0.29) is 0 Å². The van der Waals surface area contributed by atoms with Crippen molar-refractivity contribution in [3.8, 4) is 28.7 Å². The van der Waals surface area contributed by atoms with E-state index in [1.54, 1.807) is 10.9 Å². The second-order valence-electron chi connectivity index (χ2n) is 9.52. The number of nitrogens with zero attached hydrogens (tertiary/aromatic N) is 3. The smallest absolute Gasteiger partial charge is 0.229 e. The highest BCUT2D eigenvalue weighted by molar-refractivity contribution is 14.1. The Morgan fingerprint density at radius 2 is 1.84 bits per heavy atom. The summed E-state index contributed by atoms with van der Waals surface area (Å²) in [6.07, 6.45) is 6.58. The van der Waals surface area contributed by atoms with Gasteiger partial charge in [0.25, 0.3) is 0 Å². The Bertz CT molecular complexity index is 1480. The van der Waals surface area contributed by atoms with Crippen LogP contribution in [0.5, 0.6) is 11.6 Å². The summed E-state index contributed by atoms with van der Waals surface area (Å²) in [6, 6.07) is 16.6. The van der Waals surface area contributed by atoms with Crippen molar-refractivity contribution in [2.75, 3.05) is 6.61 Å². The average Bonchev–Trinajstić information content (AvgIpc) is 3.37. The molecule has 1 aliphatic carbocycles. The van der Waals surface area contributed by atoms with Crippen LogP contribution in [0.2, 0.25) is 0 Å². The molecule has 2 heterocycles. The molecule has 1 aliphatic rings. The van der Waals surface area contributed by atoms with Gasteiger partial charge in [0.1, 0.15) is 18.1 Å². The predicted octanol–water partition coefficient (Wildman–Crippen LogP) is 7.74. The number of aromatic nitrogens is 3. The fourth-order valence-corrected chi connectivity index (χ4v) is 5.35. The number of hydrogen-bond acceptors (Lipinski definition) is 5. The van der Waals surface area contributed by atoms with E-state index in [0.717, 1.165) is 29.0 Å². The predicted molar refractivity (Wildman–Crippen MR) is 159 cm³/mol. The molecule has 2 aromatic heterocycles. The van der Waals surface area contributed by atoms with Crippen molar-refractivity contribution in [1.82, 2.24) is 14.8 Å². The highest BCUT2D eigenvalue weighted by Crippen LogP contribution is 2.35. The molecule has 7 heteroatoms. The summed E-state index contributed by atoms with van der Waals surface area (Å²) in [5.41, 5.74) is 9.11. The molecular formula is C31H32IN3O3. The van der Waals surface area contributed by atoms with Gasteiger partial charge in [0.05, 0.1) is 24.1 Å². The van der Waals surface area contributed by atoms with Gasteiger partial charge in [-0.05, 0) is 92.5 Å². The Balaban J connectivity index is 1.48. The van der Waals surface area contributed by atoms with Crippen molar-refractivity contribution in [1.29, 1.82) is 0 Å². The Labute approximate surface area is 238 Å². The van der Waals surface area contributed by atoms with Gasteiger partial charge in [0, 0.05) is 5.56 Å². The molecule has 4 aromatic rings. The molecule has 0 amide bonds. The zero-order chi connectivity index (χ0) is 26.6. The molecule has 5 rings (SSSR count). The molecule has 0 aliphatic heterocycles. The van der Waals surface area contributed by atoms with E-state index in [9.17, 15) is 0 Å². The van der Waals surface area contributed by atoms with Crippen molar-refractivity contribution in [3.05, 3.63) is 94.7 Å². The minimum absolute atomic E-state index is 0.475. The lowest BCUT2D eigenvalue weighted by Gasteiger charge is -2.21. The molecule has 0 bridgehead atoms. The Morgan fingerprint density at radius 1 is 1.03 bits per heavy atom. The normalized spacial score (nSPS) is 12.6. The summed E-state index contributed by atoms with van der Waals surface area (Å²) >= 11 is 1.81. The van der Waals surface area contributed by atoms with Gasteiger partial charge in [-0.15, -0.1) is 0 Å². The Hall–Kier alpha value is -3.33. The van der Waals surface area contributed by atoms with Gasteiger partial charge in [0.2, 0.25) is 5.88 Å². The van der Waals surface area contributed by atoms with E-state index in [2.05, 4.69) is 49.8 Å². The van der Waals surface area contributed by atoms with Crippen LogP contribution in [0.25, 0.3) is 22.8 Å². The lowest BCUT2D eigenvalue weighted by molar-refractivity contribution is 0.304. The molecule has 0 fully saturated rings. The molecule has 0 saturated heterocycles. The molecule has 6 nitrogen and oxygen atoms in total. The van der Waals surface area contributed by atoms with E-state index in [1.165, 1.54) is 41.5 Å². The maximum atomic E-state index is 6.52. The minimum Gasteiger partial charge on any atom is -0.488 e. The van der Waals surface area contributed by atoms with Crippen LogP contribution >= 0.6 is 23.0 Å². The zero-order valence-electron chi connectivity index (χ0n) is 22.1. The number of fused-ring (bicyclic) bond motifs is 1. The molecule has 0 saturated carbocycles. The van der Waals surface area contributed by atoms with Crippen molar-refractivity contribution < 1.29 is 12.5 Å². The van der Waals surface area contributed by atoms with Crippen molar-refractivity contribution in [2.45, 2.75) is 53.1 Å². The number of pyridine rings is 1. The van der Waals surface area contributed by atoms with E-state index < -0.39 is 0 Å². The van der Waals surface area contributed by atoms with Crippen LogP contribution in [0, 0.1) is 13.8 Å². The summed E-state index contributed by atoms with van der Waals surface area (Å²) in [7, 11) is 0. The summed E-state index contributed by atoms with van der Waals surface area (Å²) in [6.45, 7) is 11.2. The highest BCUT2D eigenvalue weighted by Gasteiger charge is 2.20. The topological polar surface area (TPSA) is 58.4 Å². The number of rotatable bonds is 9. The first-order valence-electron chi connectivity index (χ1n) is 13.0. The number of benzene rings is 2. The third-order valence-corrected chi connectivity index (χ3v) is 7.67. The number of ether oxygens (including phenoxy) is 2. The highest BCUT2D eigenvalue weighted by atomic mass is 127. The summed E-state index contributed by atoms with van der Waals surface area (Å²) in [4.78, 5) is 4.95. The van der Waals surface area contributed by atoms with Crippen LogP contribution in [0.1, 0.15) is 53.1 Å². The third-order valence-electron chi connectivity index (χ3n) is 7.14. The van der Waals surface area contributed by atoms with E-state index in [0.29, 0.717) is 36.2 Å². The van der Waals surface area contributed by atoms with E-state index in [1.807, 2.05) is 54.2 Å². The van der Waals surface area contributed by atoms with Gasteiger partial charge in [-0.25, -0.2) is 4.98 Å². The minimum atomic E-state index is 0.475. The van der Waals surface area contributed by atoms with Gasteiger partial charge >= 0.3 is 0 Å². The summed E-state index contributed by atoms with van der Waals surface area (Å²) < 4.78 is 19.4. The fraction of sp³-hybridized carbons (Fsp3) is 0.290. The zero-order valence-corrected chi connectivity index (χ0v) is 24.2. The second kappa shape index (κ2) is 11.6. The summed E-state index contributed by atoms with van der Waals surface area (Å²) in [5, 5.41) is 4.52. The molecule has 38 heavy (non-hydrogen) atoms. The van der Waals surface area contributed by atoms with E-state index in [4.69, 9.17) is 17.5 Å². The lowest BCUT2D eigenvalue weighted by Crippen LogP contribution is -2.09. The number of hydrogen-bond donors (Lipinski definition) is 0. The average molecular weight is 622 g/mol. The molecule has 2 aromatic carbocycles. The Kier molecular flexibility index (Phi) is 8.02. The molecule has 0 atom stereocenters. The van der Waals surface area contributed by atoms with Gasteiger partial charge < -0.3 is 12.5 Å². The maximum absolute atomic E-state index is 6.52. The quantitative estimate of drug-likeness (QED) is 0.141. The van der Waals surface area contributed by atoms with Gasteiger partial charge in [-0.2, -0.15) is 9.78 Å². The molecule has 196 valence electrons. The van der Waals surface area contributed by atoms with Crippen molar-refractivity contribution in [3.63, 3.8) is 0 Å². The molecule has 0 spiro atoms. The fourth-order valence-electron chi connectivity index (χ4n) is 5.11. The van der Waals surface area contributed by atoms with Gasteiger partial charge in [0.15, 0.2) is 28.8 Å². The molecular weight excluding hydrogens is 589 g/mol. The summed E-state index contributed by atoms with van der Waals surface area (Å²) in [5.74, 6) is 2.49. The van der Waals surface area contributed by atoms with Crippen LogP contribution < -0.4 is 9.47 Å².